The summed E-state index contributed by atoms with van der Waals surface area (Å²) in [4.78, 5) is 4.63. The first-order valence-corrected chi connectivity index (χ1v) is 6.14. The van der Waals surface area contributed by atoms with Gasteiger partial charge < -0.3 is 10.5 Å². The molecule has 2 rings (SSSR count). The van der Waals surface area contributed by atoms with Crippen molar-refractivity contribution in [2.24, 2.45) is 5.73 Å². The lowest BCUT2D eigenvalue weighted by Crippen LogP contribution is -2.24. The first kappa shape index (κ1) is 11.5. The number of nitrogens with two attached hydrogens (primary N) is 1. The summed E-state index contributed by atoms with van der Waals surface area (Å²) in [6, 6.07) is 6.26. The number of hydrogen-bond acceptors (Lipinski definition) is 4. The van der Waals surface area contributed by atoms with Gasteiger partial charge in [0.05, 0.1) is 21.3 Å². The summed E-state index contributed by atoms with van der Waals surface area (Å²) in [5, 5.41) is 1.10. The second-order valence-corrected chi connectivity index (χ2v) is 4.94. The third kappa shape index (κ3) is 2.24. The number of hydrogen-bond donors (Lipinski definition) is 1. The van der Waals surface area contributed by atoms with Crippen LogP contribution in [0.1, 0.15) is 10.6 Å². The van der Waals surface area contributed by atoms with Gasteiger partial charge in [-0.15, -0.1) is 11.3 Å². The molecule has 0 aliphatic carbocycles. The highest BCUT2D eigenvalue weighted by Gasteiger charge is 2.11. The van der Waals surface area contributed by atoms with Crippen LogP contribution in [-0.4, -0.2) is 24.7 Å². The summed E-state index contributed by atoms with van der Waals surface area (Å²) in [6.07, 6.45) is 0.868. The van der Waals surface area contributed by atoms with Gasteiger partial charge in [-0.25, -0.2) is 4.98 Å². The van der Waals surface area contributed by atoms with E-state index in [1.54, 1.807) is 18.4 Å². The number of ether oxygens (including phenoxy) is 1. The fourth-order valence-electron chi connectivity index (χ4n) is 1.68. The minimum Gasteiger partial charge on any atom is -0.380 e. The SMILES string of the molecule is COC(CN)Cc1nc2c(C)cccc2s1. The van der Waals surface area contributed by atoms with Crippen LogP contribution in [0.5, 0.6) is 0 Å². The largest absolute Gasteiger partial charge is 0.380 e. The number of aromatic nitrogens is 1. The molecule has 1 heterocycles. The van der Waals surface area contributed by atoms with Gasteiger partial charge in [0.25, 0.3) is 0 Å². The lowest BCUT2D eigenvalue weighted by atomic mass is 10.2. The summed E-state index contributed by atoms with van der Waals surface area (Å²) < 4.78 is 6.51. The third-order valence-corrected chi connectivity index (χ3v) is 3.71. The fourth-order valence-corrected chi connectivity index (χ4v) is 2.79. The Kier molecular flexibility index (Phi) is 3.53. The summed E-state index contributed by atoms with van der Waals surface area (Å²) in [5.74, 6) is 0. The van der Waals surface area contributed by atoms with E-state index in [4.69, 9.17) is 10.5 Å². The number of rotatable bonds is 4. The molecule has 16 heavy (non-hydrogen) atoms. The number of nitrogens with zero attached hydrogens (tertiary/aromatic N) is 1. The van der Waals surface area contributed by atoms with E-state index in [1.165, 1.54) is 10.3 Å². The molecule has 1 unspecified atom stereocenters. The van der Waals surface area contributed by atoms with Gasteiger partial charge in [0.2, 0.25) is 0 Å². The molecule has 0 amide bonds. The Morgan fingerprint density at radius 3 is 2.94 bits per heavy atom. The highest BCUT2D eigenvalue weighted by Crippen LogP contribution is 2.25. The molecule has 0 fully saturated rings. The van der Waals surface area contributed by atoms with Gasteiger partial charge in [-0.2, -0.15) is 0 Å². The van der Waals surface area contributed by atoms with Gasteiger partial charge in [0, 0.05) is 20.1 Å². The van der Waals surface area contributed by atoms with E-state index < -0.39 is 0 Å². The molecule has 0 radical (unpaired) electrons. The zero-order valence-electron chi connectivity index (χ0n) is 9.56. The van der Waals surface area contributed by atoms with E-state index in [0.717, 1.165) is 16.9 Å². The van der Waals surface area contributed by atoms with E-state index in [1.807, 2.05) is 0 Å². The Hall–Kier alpha value is -0.970. The lowest BCUT2D eigenvalue weighted by molar-refractivity contribution is 0.110. The molecular weight excluding hydrogens is 220 g/mol. The van der Waals surface area contributed by atoms with Crippen LogP contribution in [0.15, 0.2) is 18.2 Å². The van der Waals surface area contributed by atoms with Crippen molar-refractivity contribution in [3.63, 3.8) is 0 Å². The normalized spacial score (nSPS) is 13.2. The van der Waals surface area contributed by atoms with Crippen LogP contribution in [0.2, 0.25) is 0 Å². The highest BCUT2D eigenvalue weighted by molar-refractivity contribution is 7.18. The number of thiazole rings is 1. The van der Waals surface area contributed by atoms with Crippen LogP contribution in [0, 0.1) is 6.92 Å². The highest BCUT2D eigenvalue weighted by atomic mass is 32.1. The van der Waals surface area contributed by atoms with Crippen molar-refractivity contribution < 1.29 is 4.74 Å². The second-order valence-electron chi connectivity index (χ2n) is 3.83. The molecule has 1 aromatic carbocycles. The number of benzene rings is 1. The number of aryl methyl sites for hydroxylation is 1. The molecule has 0 aliphatic heterocycles. The maximum absolute atomic E-state index is 5.61. The van der Waals surface area contributed by atoms with E-state index in [0.29, 0.717) is 6.54 Å². The summed E-state index contributed by atoms with van der Waals surface area (Å²) in [5.41, 5.74) is 7.94. The van der Waals surface area contributed by atoms with E-state index >= 15 is 0 Å². The first-order chi connectivity index (χ1) is 7.74. The Morgan fingerprint density at radius 1 is 1.50 bits per heavy atom. The first-order valence-electron chi connectivity index (χ1n) is 5.32. The van der Waals surface area contributed by atoms with Crippen molar-refractivity contribution in [2.75, 3.05) is 13.7 Å². The van der Waals surface area contributed by atoms with Gasteiger partial charge in [0.15, 0.2) is 0 Å². The summed E-state index contributed by atoms with van der Waals surface area (Å²) in [6.45, 7) is 2.62. The summed E-state index contributed by atoms with van der Waals surface area (Å²) in [7, 11) is 1.69. The minimum absolute atomic E-state index is 0.0702. The standard InChI is InChI=1S/C12H16N2OS/c1-8-4-3-5-10-12(8)14-11(16-10)6-9(7-13)15-2/h3-5,9H,6-7,13H2,1-2H3. The van der Waals surface area contributed by atoms with Crippen molar-refractivity contribution in [1.29, 1.82) is 0 Å². The summed E-state index contributed by atoms with van der Waals surface area (Å²) >= 11 is 1.72. The molecule has 1 atom stereocenters. The average Bonchev–Trinajstić information content (AvgIpc) is 2.70. The molecule has 0 aliphatic rings. The predicted molar refractivity (Wildman–Crippen MR) is 67.9 cm³/mol. The van der Waals surface area contributed by atoms with Crippen molar-refractivity contribution in [1.82, 2.24) is 4.98 Å². The molecule has 0 spiro atoms. The van der Waals surface area contributed by atoms with Crippen LogP contribution >= 0.6 is 11.3 Å². The molecule has 2 aromatic rings. The number of methoxy groups -OCH3 is 1. The van der Waals surface area contributed by atoms with Crippen molar-refractivity contribution >= 4 is 21.6 Å². The number of para-hydroxylation sites is 1. The molecular formula is C12H16N2OS. The smallest absolute Gasteiger partial charge is 0.0965 e. The van der Waals surface area contributed by atoms with Crippen molar-refractivity contribution in [2.45, 2.75) is 19.4 Å². The average molecular weight is 236 g/mol. The topological polar surface area (TPSA) is 48.1 Å². The van der Waals surface area contributed by atoms with Crippen molar-refractivity contribution in [3.8, 4) is 0 Å². The Morgan fingerprint density at radius 2 is 2.31 bits per heavy atom. The minimum atomic E-state index is 0.0702. The molecule has 3 nitrogen and oxygen atoms in total. The van der Waals surface area contributed by atoms with Gasteiger partial charge in [-0.3, -0.25) is 0 Å². The quantitative estimate of drug-likeness (QED) is 0.884. The molecule has 0 bridgehead atoms. The van der Waals surface area contributed by atoms with Gasteiger partial charge >= 0.3 is 0 Å². The second kappa shape index (κ2) is 4.91. The van der Waals surface area contributed by atoms with E-state index in [9.17, 15) is 0 Å². The molecule has 0 saturated heterocycles. The van der Waals surface area contributed by atoms with Crippen LogP contribution in [0.25, 0.3) is 10.2 Å². The molecule has 2 N–H and O–H groups in total. The lowest BCUT2D eigenvalue weighted by Gasteiger charge is -2.09. The molecule has 4 heteroatoms. The third-order valence-electron chi connectivity index (χ3n) is 2.66. The fraction of sp³-hybridized carbons (Fsp3) is 0.417. The van der Waals surface area contributed by atoms with E-state index in [2.05, 4.69) is 30.1 Å². The van der Waals surface area contributed by atoms with Crippen LogP contribution in [0.4, 0.5) is 0 Å². The zero-order valence-corrected chi connectivity index (χ0v) is 10.4. The van der Waals surface area contributed by atoms with Gasteiger partial charge in [-0.1, -0.05) is 12.1 Å². The maximum atomic E-state index is 5.61. The van der Waals surface area contributed by atoms with Crippen LogP contribution in [-0.2, 0) is 11.2 Å². The number of fused-ring (bicyclic) bond motifs is 1. The van der Waals surface area contributed by atoms with E-state index in [-0.39, 0.29) is 6.10 Å². The zero-order chi connectivity index (χ0) is 11.5. The maximum Gasteiger partial charge on any atom is 0.0965 e. The molecule has 1 aromatic heterocycles. The Bertz CT molecular complexity index is 477. The monoisotopic (exact) mass is 236 g/mol. The predicted octanol–water partition coefficient (Wildman–Crippen LogP) is 2.12. The molecule has 86 valence electrons. The van der Waals surface area contributed by atoms with Crippen LogP contribution in [0.3, 0.4) is 0 Å². The Labute approximate surface area is 99.3 Å². The molecule has 0 saturated carbocycles. The van der Waals surface area contributed by atoms with Crippen LogP contribution < -0.4 is 5.73 Å². The van der Waals surface area contributed by atoms with Gasteiger partial charge in [0.1, 0.15) is 0 Å². The van der Waals surface area contributed by atoms with Gasteiger partial charge in [-0.05, 0) is 18.6 Å². The van der Waals surface area contributed by atoms with Crippen molar-refractivity contribution in [3.05, 3.63) is 28.8 Å². The Balaban J connectivity index is 2.29.